The zero-order valence-electron chi connectivity index (χ0n) is 22.8. The molecular formula is C29H32F2N5O5+. The van der Waals surface area contributed by atoms with Crippen molar-refractivity contribution in [1.29, 1.82) is 0 Å². The number of methoxy groups -OCH3 is 1. The summed E-state index contributed by atoms with van der Waals surface area (Å²) < 4.78 is 34.7. The van der Waals surface area contributed by atoms with E-state index in [2.05, 4.69) is 10.3 Å². The van der Waals surface area contributed by atoms with Gasteiger partial charge in [-0.3, -0.25) is 28.8 Å². The number of fused-ring (bicyclic) bond motifs is 2. The minimum atomic E-state index is -1.000. The minimum Gasteiger partial charge on any atom is -0.503 e. The highest BCUT2D eigenvalue weighted by molar-refractivity contribution is 5.99. The average molecular weight is 569 g/mol. The topological polar surface area (TPSA) is 114 Å². The Balaban J connectivity index is 1.51. The molecule has 1 unspecified atom stereocenters. The largest absolute Gasteiger partial charge is 0.503 e. The number of quaternary nitrogens is 1. The van der Waals surface area contributed by atoms with Crippen molar-refractivity contribution >= 4 is 11.8 Å². The summed E-state index contributed by atoms with van der Waals surface area (Å²) in [5.74, 6) is -3.75. The Bertz CT molecular complexity index is 1530. The van der Waals surface area contributed by atoms with Gasteiger partial charge in [0.05, 0.1) is 19.7 Å². The summed E-state index contributed by atoms with van der Waals surface area (Å²) in [5, 5.41) is 13.3. The van der Waals surface area contributed by atoms with Crippen molar-refractivity contribution in [3.8, 4) is 5.75 Å². The Hall–Kier alpha value is -4.16. The number of carbonyl (C=O) groups excluding carboxylic acids is 2. The molecule has 2 aliphatic heterocycles. The quantitative estimate of drug-likeness (QED) is 0.404. The molecule has 41 heavy (non-hydrogen) atoms. The summed E-state index contributed by atoms with van der Waals surface area (Å²) in [6.45, 7) is 4.24. The van der Waals surface area contributed by atoms with Crippen LogP contribution in [0.5, 0.6) is 5.75 Å². The third kappa shape index (κ3) is 5.32. The molecule has 12 heteroatoms. The van der Waals surface area contributed by atoms with Crippen LogP contribution < -0.4 is 10.7 Å². The van der Waals surface area contributed by atoms with Gasteiger partial charge in [-0.25, -0.2) is 8.78 Å². The molecule has 0 aliphatic carbocycles. The van der Waals surface area contributed by atoms with Crippen molar-refractivity contribution in [3.05, 3.63) is 93.2 Å². The highest BCUT2D eigenvalue weighted by Crippen LogP contribution is 2.36. The van der Waals surface area contributed by atoms with Gasteiger partial charge in [0.15, 0.2) is 17.6 Å². The Morgan fingerprint density at radius 2 is 2.07 bits per heavy atom. The summed E-state index contributed by atoms with van der Waals surface area (Å²) in [6.07, 6.45) is 5.10. The second kappa shape index (κ2) is 11.4. The number of aromatic hydroxyl groups is 1. The van der Waals surface area contributed by atoms with Crippen LogP contribution in [0.25, 0.3) is 0 Å². The highest BCUT2D eigenvalue weighted by atomic mass is 19.1. The van der Waals surface area contributed by atoms with Crippen LogP contribution in [-0.2, 0) is 24.4 Å². The fraction of sp³-hybridized carbons (Fsp3) is 0.379. The molecule has 0 bridgehead atoms. The Labute approximate surface area is 235 Å². The van der Waals surface area contributed by atoms with Gasteiger partial charge >= 0.3 is 0 Å². The van der Waals surface area contributed by atoms with E-state index in [9.17, 15) is 28.3 Å². The standard InChI is InChI=1S/C29H31F2N5O5/c1-18-7-9-36(10-11-41-2,17-19-4-3-8-32-13-19)24-16-34-15-22(26(37)27(38)25(34)29(40)35(18)24)28(39)33-14-20-5-6-21(30)12-23(20)31/h3-6,8,12-13,15,18,24H,7,9-11,14,16-17H2,1-2H3,(H-,33,38,39,40)/p+1/t18-,24-,36?/m0/s1. The Kier molecular flexibility index (Phi) is 7.87. The van der Waals surface area contributed by atoms with Gasteiger partial charge in [0, 0.05) is 61.9 Å². The number of amides is 2. The number of nitrogens with one attached hydrogen (secondary N) is 1. The van der Waals surface area contributed by atoms with E-state index in [1.165, 1.54) is 16.8 Å². The summed E-state index contributed by atoms with van der Waals surface area (Å²) in [4.78, 5) is 46.0. The lowest BCUT2D eigenvalue weighted by Crippen LogP contribution is -2.72. The number of hydrogen-bond acceptors (Lipinski definition) is 6. The Morgan fingerprint density at radius 3 is 2.78 bits per heavy atom. The molecular weight excluding hydrogens is 536 g/mol. The van der Waals surface area contributed by atoms with Crippen LogP contribution >= 0.6 is 0 Å². The van der Waals surface area contributed by atoms with E-state index in [1.54, 1.807) is 24.4 Å². The first-order chi connectivity index (χ1) is 19.6. The van der Waals surface area contributed by atoms with E-state index in [4.69, 9.17) is 4.74 Å². The van der Waals surface area contributed by atoms with Crippen molar-refractivity contribution in [2.45, 2.75) is 45.2 Å². The number of rotatable bonds is 8. The zero-order chi connectivity index (χ0) is 29.3. The number of benzene rings is 1. The van der Waals surface area contributed by atoms with Gasteiger partial charge in [0.1, 0.15) is 30.3 Å². The number of nitrogens with zero attached hydrogens (tertiary/aromatic N) is 4. The van der Waals surface area contributed by atoms with Gasteiger partial charge in [0.25, 0.3) is 11.8 Å². The molecule has 4 heterocycles. The van der Waals surface area contributed by atoms with Crippen molar-refractivity contribution in [3.63, 3.8) is 0 Å². The number of aromatic nitrogens is 2. The molecule has 1 saturated heterocycles. The van der Waals surface area contributed by atoms with Crippen molar-refractivity contribution in [2.75, 3.05) is 26.8 Å². The number of carbonyl (C=O) groups is 2. The van der Waals surface area contributed by atoms with Crippen LogP contribution in [0.4, 0.5) is 8.78 Å². The summed E-state index contributed by atoms with van der Waals surface area (Å²) in [5.41, 5.74) is -0.541. The predicted molar refractivity (Wildman–Crippen MR) is 144 cm³/mol. The van der Waals surface area contributed by atoms with E-state index >= 15 is 0 Å². The molecule has 0 saturated carbocycles. The lowest BCUT2D eigenvalue weighted by atomic mass is 9.98. The van der Waals surface area contributed by atoms with E-state index in [0.29, 0.717) is 36.7 Å². The van der Waals surface area contributed by atoms with Gasteiger partial charge in [-0.1, -0.05) is 12.1 Å². The first-order valence-electron chi connectivity index (χ1n) is 13.4. The molecule has 216 valence electrons. The van der Waals surface area contributed by atoms with Crippen LogP contribution in [0.2, 0.25) is 0 Å². The maximum Gasteiger partial charge on any atom is 0.279 e. The van der Waals surface area contributed by atoms with Gasteiger partial charge in [0.2, 0.25) is 5.43 Å². The van der Waals surface area contributed by atoms with Crippen LogP contribution in [0.3, 0.4) is 0 Å². The maximum atomic E-state index is 14.1. The van der Waals surface area contributed by atoms with Crippen molar-refractivity contribution in [2.24, 2.45) is 0 Å². The molecule has 1 aromatic carbocycles. The number of halogens is 2. The third-order valence-corrected chi connectivity index (χ3v) is 8.13. The normalized spacial score (nSPS) is 21.8. The molecule has 3 aromatic rings. The number of hydrogen-bond donors (Lipinski definition) is 2. The van der Waals surface area contributed by atoms with Crippen LogP contribution in [0.1, 0.15) is 45.3 Å². The summed E-state index contributed by atoms with van der Waals surface area (Å²) >= 11 is 0. The maximum absolute atomic E-state index is 14.1. The highest BCUT2D eigenvalue weighted by Gasteiger charge is 2.52. The predicted octanol–water partition coefficient (Wildman–Crippen LogP) is 2.39. The van der Waals surface area contributed by atoms with E-state index < -0.39 is 34.6 Å². The number of ether oxygens (including phenoxy) is 1. The minimum absolute atomic E-state index is 0.0275. The average Bonchev–Trinajstić information content (AvgIpc) is 2.95. The fourth-order valence-electron chi connectivity index (χ4n) is 5.95. The fourth-order valence-corrected chi connectivity index (χ4v) is 5.95. The molecule has 3 atom stereocenters. The monoisotopic (exact) mass is 568 g/mol. The van der Waals surface area contributed by atoms with Crippen LogP contribution in [0, 0.1) is 11.6 Å². The van der Waals surface area contributed by atoms with Crippen LogP contribution in [-0.4, -0.2) is 74.9 Å². The van der Waals surface area contributed by atoms with Crippen molar-refractivity contribution < 1.29 is 32.7 Å². The van der Waals surface area contributed by atoms with E-state index in [1.807, 2.05) is 19.1 Å². The first kappa shape index (κ1) is 28.4. The molecule has 2 amide bonds. The Morgan fingerprint density at radius 1 is 1.27 bits per heavy atom. The smallest absolute Gasteiger partial charge is 0.279 e. The van der Waals surface area contributed by atoms with Crippen LogP contribution in [0.15, 0.2) is 53.7 Å². The molecule has 2 aromatic heterocycles. The SMILES string of the molecule is COCC[N+]1(Cc2cccnc2)CC[C@H](C)N2C(=O)c3c(O)c(=O)c(C(=O)NCc4ccc(F)cc4F)cn3C[C@@H]21. The van der Waals surface area contributed by atoms with E-state index in [-0.39, 0.29) is 42.1 Å². The molecule has 5 rings (SSSR count). The van der Waals surface area contributed by atoms with Gasteiger partial charge in [-0.2, -0.15) is 0 Å². The van der Waals surface area contributed by atoms with Gasteiger partial charge < -0.3 is 19.7 Å². The molecule has 2 aliphatic rings. The van der Waals surface area contributed by atoms with Crippen molar-refractivity contribution in [1.82, 2.24) is 19.8 Å². The molecule has 10 nitrogen and oxygen atoms in total. The lowest BCUT2D eigenvalue weighted by molar-refractivity contribution is -0.980. The third-order valence-electron chi connectivity index (χ3n) is 8.13. The van der Waals surface area contributed by atoms with Gasteiger partial charge in [-0.05, 0) is 19.1 Å². The summed E-state index contributed by atoms with van der Waals surface area (Å²) in [7, 11) is 1.62. The lowest BCUT2D eigenvalue weighted by Gasteiger charge is -2.56. The molecule has 0 spiro atoms. The second-order valence-electron chi connectivity index (χ2n) is 10.6. The summed E-state index contributed by atoms with van der Waals surface area (Å²) in [6, 6.07) is 6.65. The molecule has 0 radical (unpaired) electrons. The number of pyridine rings is 2. The molecule has 1 fully saturated rings. The second-order valence-corrected chi connectivity index (χ2v) is 10.6. The zero-order valence-corrected chi connectivity index (χ0v) is 22.8. The molecule has 2 N–H and O–H groups in total. The van der Waals surface area contributed by atoms with Gasteiger partial charge in [-0.15, -0.1) is 0 Å². The first-order valence-corrected chi connectivity index (χ1v) is 13.4. The van der Waals surface area contributed by atoms with E-state index in [0.717, 1.165) is 18.2 Å².